The van der Waals surface area contributed by atoms with Crippen LogP contribution in [0.1, 0.15) is 17.3 Å². The Balaban J connectivity index is 2.63. The van der Waals surface area contributed by atoms with Crippen molar-refractivity contribution >= 4 is 23.3 Å². The van der Waals surface area contributed by atoms with E-state index in [2.05, 4.69) is 0 Å². The first kappa shape index (κ1) is 12.8. The van der Waals surface area contributed by atoms with E-state index in [4.69, 9.17) is 26.8 Å². The first-order valence-electron chi connectivity index (χ1n) is 4.79. The Bertz CT molecular complexity index is 381. The van der Waals surface area contributed by atoms with E-state index in [-0.39, 0.29) is 12.7 Å². The monoisotopic (exact) mass is 243 g/mol. The zero-order valence-corrected chi connectivity index (χ0v) is 9.95. The summed E-state index contributed by atoms with van der Waals surface area (Å²) >= 11 is 5.74. The molecule has 0 saturated heterocycles. The van der Waals surface area contributed by atoms with Crippen LogP contribution in [-0.4, -0.2) is 25.8 Å². The van der Waals surface area contributed by atoms with Gasteiger partial charge in [0.25, 0.3) is 0 Å². The second kappa shape index (κ2) is 5.72. The van der Waals surface area contributed by atoms with Crippen molar-refractivity contribution < 1.29 is 14.3 Å². The topological polar surface area (TPSA) is 61.5 Å². The fourth-order valence-electron chi connectivity index (χ4n) is 1.02. The average Bonchev–Trinajstić information content (AvgIpc) is 2.29. The van der Waals surface area contributed by atoms with E-state index < -0.39 is 5.97 Å². The van der Waals surface area contributed by atoms with Gasteiger partial charge in [0, 0.05) is 7.11 Å². The third-order valence-corrected chi connectivity index (χ3v) is 2.43. The Labute approximate surface area is 99.3 Å². The largest absolute Gasteiger partial charge is 0.459 e. The number of methoxy groups -OCH3 is 1. The number of ether oxygens (including phenoxy) is 2. The maximum atomic E-state index is 11.6. The first-order valence-corrected chi connectivity index (χ1v) is 5.17. The summed E-state index contributed by atoms with van der Waals surface area (Å²) in [5.41, 5.74) is 6.31. The molecule has 1 rings (SSSR count). The normalized spacial score (nSPS) is 12.2. The van der Waals surface area contributed by atoms with E-state index in [0.717, 1.165) is 0 Å². The van der Waals surface area contributed by atoms with E-state index >= 15 is 0 Å². The van der Waals surface area contributed by atoms with Gasteiger partial charge in [-0.3, -0.25) is 0 Å². The maximum Gasteiger partial charge on any atom is 0.338 e. The molecule has 5 heteroatoms. The van der Waals surface area contributed by atoms with Crippen LogP contribution in [0.25, 0.3) is 0 Å². The van der Waals surface area contributed by atoms with E-state index in [1.807, 2.05) is 6.92 Å². The lowest BCUT2D eigenvalue weighted by molar-refractivity contribution is 0.0169. The van der Waals surface area contributed by atoms with Gasteiger partial charge < -0.3 is 15.2 Å². The SMILES string of the molecule is COC(C)COC(=O)c1ccc(Cl)c(N)c1. The van der Waals surface area contributed by atoms with E-state index in [1.165, 1.54) is 6.07 Å². The van der Waals surface area contributed by atoms with Crippen molar-refractivity contribution in [2.45, 2.75) is 13.0 Å². The molecule has 0 amide bonds. The van der Waals surface area contributed by atoms with Crippen LogP contribution in [0.15, 0.2) is 18.2 Å². The Morgan fingerprint density at radius 1 is 1.56 bits per heavy atom. The molecule has 0 aromatic heterocycles. The number of carbonyl (C=O) groups is 1. The first-order chi connectivity index (χ1) is 7.54. The molecule has 1 aromatic rings. The fraction of sp³-hybridized carbons (Fsp3) is 0.364. The van der Waals surface area contributed by atoms with Gasteiger partial charge >= 0.3 is 5.97 Å². The molecule has 0 aliphatic heterocycles. The molecule has 2 N–H and O–H groups in total. The molecule has 0 aliphatic carbocycles. The lowest BCUT2D eigenvalue weighted by atomic mass is 10.2. The predicted octanol–water partition coefficient (Wildman–Crippen LogP) is 2.11. The second-order valence-corrected chi connectivity index (χ2v) is 3.79. The summed E-state index contributed by atoms with van der Waals surface area (Å²) in [5.74, 6) is -0.438. The minimum atomic E-state index is -0.438. The third kappa shape index (κ3) is 3.40. The van der Waals surface area contributed by atoms with Crippen molar-refractivity contribution in [2.75, 3.05) is 19.5 Å². The summed E-state index contributed by atoms with van der Waals surface area (Å²) in [6.45, 7) is 2.02. The fourth-order valence-corrected chi connectivity index (χ4v) is 1.13. The summed E-state index contributed by atoms with van der Waals surface area (Å²) in [6.07, 6.45) is -0.131. The third-order valence-electron chi connectivity index (χ3n) is 2.08. The molecule has 0 radical (unpaired) electrons. The summed E-state index contributed by atoms with van der Waals surface area (Å²) < 4.78 is 9.97. The van der Waals surface area contributed by atoms with Crippen LogP contribution in [-0.2, 0) is 9.47 Å². The predicted molar refractivity (Wildman–Crippen MR) is 62.6 cm³/mol. The average molecular weight is 244 g/mol. The van der Waals surface area contributed by atoms with Crippen molar-refractivity contribution in [1.29, 1.82) is 0 Å². The van der Waals surface area contributed by atoms with Gasteiger partial charge in [-0.1, -0.05) is 11.6 Å². The molecular formula is C11H14ClNO3. The number of carbonyl (C=O) groups excluding carboxylic acids is 1. The Morgan fingerprint density at radius 3 is 2.81 bits per heavy atom. The van der Waals surface area contributed by atoms with Crippen LogP contribution in [0.2, 0.25) is 5.02 Å². The van der Waals surface area contributed by atoms with Crippen molar-refractivity contribution in [3.8, 4) is 0 Å². The number of nitrogens with two attached hydrogens (primary N) is 1. The molecule has 0 aliphatic rings. The van der Waals surface area contributed by atoms with Gasteiger partial charge in [0.15, 0.2) is 0 Å². The number of hydrogen-bond acceptors (Lipinski definition) is 4. The number of rotatable bonds is 4. The molecule has 16 heavy (non-hydrogen) atoms. The van der Waals surface area contributed by atoms with Crippen LogP contribution in [0.3, 0.4) is 0 Å². The highest BCUT2D eigenvalue weighted by Gasteiger charge is 2.10. The van der Waals surface area contributed by atoms with E-state index in [9.17, 15) is 4.79 Å². The van der Waals surface area contributed by atoms with Crippen molar-refractivity contribution in [3.05, 3.63) is 28.8 Å². The Kier molecular flexibility index (Phi) is 4.58. The van der Waals surface area contributed by atoms with Crippen molar-refractivity contribution in [3.63, 3.8) is 0 Å². The number of benzene rings is 1. The lowest BCUT2D eigenvalue weighted by Crippen LogP contribution is -2.17. The van der Waals surface area contributed by atoms with Gasteiger partial charge in [0.2, 0.25) is 0 Å². The molecule has 1 aromatic carbocycles. The zero-order valence-electron chi connectivity index (χ0n) is 9.20. The molecule has 0 bridgehead atoms. The van der Waals surface area contributed by atoms with Crippen LogP contribution < -0.4 is 5.73 Å². The minimum absolute atomic E-state index is 0.131. The van der Waals surface area contributed by atoms with Crippen LogP contribution in [0.5, 0.6) is 0 Å². The van der Waals surface area contributed by atoms with Crippen molar-refractivity contribution in [1.82, 2.24) is 0 Å². The highest BCUT2D eigenvalue weighted by Crippen LogP contribution is 2.19. The smallest absolute Gasteiger partial charge is 0.338 e. The molecule has 0 heterocycles. The maximum absolute atomic E-state index is 11.6. The standard InChI is InChI=1S/C11H14ClNO3/c1-7(15-2)6-16-11(14)8-3-4-9(12)10(13)5-8/h3-5,7H,6,13H2,1-2H3. The van der Waals surface area contributed by atoms with Gasteiger partial charge in [-0.2, -0.15) is 0 Å². The summed E-state index contributed by atoms with van der Waals surface area (Å²) in [4.78, 5) is 11.6. The summed E-state index contributed by atoms with van der Waals surface area (Å²) in [6, 6.07) is 4.62. The molecule has 0 saturated carbocycles. The van der Waals surface area contributed by atoms with Crippen molar-refractivity contribution in [2.24, 2.45) is 0 Å². The number of nitrogen functional groups attached to an aromatic ring is 1. The van der Waals surface area contributed by atoms with Gasteiger partial charge in [-0.25, -0.2) is 4.79 Å². The van der Waals surface area contributed by atoms with Gasteiger partial charge in [0.05, 0.1) is 22.4 Å². The summed E-state index contributed by atoms with van der Waals surface area (Å²) in [7, 11) is 1.55. The van der Waals surface area contributed by atoms with E-state index in [1.54, 1.807) is 19.2 Å². The van der Waals surface area contributed by atoms with Gasteiger partial charge in [-0.15, -0.1) is 0 Å². The molecule has 88 valence electrons. The number of anilines is 1. The highest BCUT2D eigenvalue weighted by molar-refractivity contribution is 6.33. The van der Waals surface area contributed by atoms with E-state index in [0.29, 0.717) is 16.3 Å². The molecule has 1 unspecified atom stereocenters. The molecular weight excluding hydrogens is 230 g/mol. The van der Waals surface area contributed by atoms with Crippen LogP contribution in [0.4, 0.5) is 5.69 Å². The zero-order chi connectivity index (χ0) is 12.1. The number of esters is 1. The van der Waals surface area contributed by atoms with Crippen LogP contribution >= 0.6 is 11.6 Å². The lowest BCUT2D eigenvalue weighted by Gasteiger charge is -2.10. The van der Waals surface area contributed by atoms with Crippen LogP contribution in [0, 0.1) is 0 Å². The molecule has 1 atom stereocenters. The van der Waals surface area contributed by atoms with Gasteiger partial charge in [0.1, 0.15) is 6.61 Å². The number of halogens is 1. The highest BCUT2D eigenvalue weighted by atomic mass is 35.5. The summed E-state index contributed by atoms with van der Waals surface area (Å²) in [5, 5.41) is 0.418. The Hall–Kier alpha value is -1.26. The molecule has 0 fully saturated rings. The van der Waals surface area contributed by atoms with Gasteiger partial charge in [-0.05, 0) is 25.1 Å². The quantitative estimate of drug-likeness (QED) is 0.650. The Morgan fingerprint density at radius 2 is 2.25 bits per heavy atom. The molecule has 0 spiro atoms. The number of hydrogen-bond donors (Lipinski definition) is 1. The minimum Gasteiger partial charge on any atom is -0.459 e. The molecule has 4 nitrogen and oxygen atoms in total. The second-order valence-electron chi connectivity index (χ2n) is 3.38.